The molecule has 6 rings (SSSR count). The van der Waals surface area contributed by atoms with Crippen LogP contribution in [0.4, 0.5) is 0 Å². The zero-order valence-electron chi connectivity index (χ0n) is 17.6. The van der Waals surface area contributed by atoms with E-state index in [1.807, 2.05) is 91.0 Å². The summed E-state index contributed by atoms with van der Waals surface area (Å²) in [4.78, 5) is 13.0. The van der Waals surface area contributed by atoms with Crippen LogP contribution in [0.15, 0.2) is 97.2 Å². The maximum atomic E-state index is 4.44. The number of fused-ring (bicyclic) bond motifs is 2. The normalized spacial score (nSPS) is 9.88. The molecule has 7 nitrogen and oxygen atoms in total. The Morgan fingerprint density at radius 3 is 1.68 bits per heavy atom. The van der Waals surface area contributed by atoms with Crippen LogP contribution < -0.4 is 12.4 Å². The molecule has 0 saturated heterocycles. The SMILES string of the molecule is [Cl-].[Ir].[c-]1ccccc1-c1nnc2ccccc2n1.c1ccc(-c2nnc3ccccc3n2)nc1. The van der Waals surface area contributed by atoms with Crippen LogP contribution in [0.25, 0.3) is 45.0 Å². The van der Waals surface area contributed by atoms with E-state index in [9.17, 15) is 0 Å². The first-order valence-corrected chi connectivity index (χ1v) is 9.94. The predicted octanol–water partition coefficient (Wildman–Crippen LogP) is 1.58. The van der Waals surface area contributed by atoms with E-state index < -0.39 is 0 Å². The molecule has 0 amide bonds. The van der Waals surface area contributed by atoms with E-state index in [4.69, 9.17) is 0 Å². The van der Waals surface area contributed by atoms with Crippen LogP contribution in [-0.2, 0) is 20.1 Å². The quantitative estimate of drug-likeness (QED) is 0.265. The van der Waals surface area contributed by atoms with Crippen molar-refractivity contribution in [3.63, 3.8) is 0 Å². The summed E-state index contributed by atoms with van der Waals surface area (Å²) >= 11 is 0. The maximum Gasteiger partial charge on any atom is 0.200 e. The van der Waals surface area contributed by atoms with Gasteiger partial charge in [0.1, 0.15) is 16.7 Å². The van der Waals surface area contributed by atoms with Crippen molar-refractivity contribution < 1.29 is 32.5 Å². The molecule has 0 spiro atoms. The Morgan fingerprint density at radius 2 is 1.09 bits per heavy atom. The van der Waals surface area contributed by atoms with Gasteiger partial charge < -0.3 is 12.4 Å². The van der Waals surface area contributed by atoms with Gasteiger partial charge in [-0.05, 0) is 36.4 Å². The summed E-state index contributed by atoms with van der Waals surface area (Å²) in [6, 6.07) is 31.7. The zero-order valence-corrected chi connectivity index (χ0v) is 20.7. The third kappa shape index (κ3) is 5.80. The Hall–Kier alpha value is -3.71. The van der Waals surface area contributed by atoms with Crippen LogP contribution in [0.3, 0.4) is 0 Å². The third-order valence-corrected chi connectivity index (χ3v) is 4.57. The molecule has 0 N–H and O–H groups in total. The van der Waals surface area contributed by atoms with Gasteiger partial charge in [0.2, 0.25) is 5.82 Å². The number of rotatable bonds is 2. The first-order valence-electron chi connectivity index (χ1n) is 9.94. The molecule has 0 aliphatic heterocycles. The second kappa shape index (κ2) is 11.9. The van der Waals surface area contributed by atoms with E-state index in [-0.39, 0.29) is 32.5 Å². The van der Waals surface area contributed by atoms with Crippen molar-refractivity contribution in [3.05, 3.63) is 103 Å². The molecule has 3 aromatic carbocycles. The summed E-state index contributed by atoms with van der Waals surface area (Å²) in [5, 5.41) is 16.4. The molecule has 0 fully saturated rings. The van der Waals surface area contributed by atoms with E-state index in [0.29, 0.717) is 11.6 Å². The third-order valence-electron chi connectivity index (χ3n) is 4.57. The van der Waals surface area contributed by atoms with Gasteiger partial charge in [-0.2, -0.15) is 10.2 Å². The standard InChI is InChI=1S/C13H8N3.C12H8N4.ClH.Ir/c1-2-6-10(7-3-1)13-14-11-8-4-5-9-12(11)15-16-13;1-2-6-10-9(5-1)14-12(16-15-10)11-7-3-4-8-13-11;;/h1-6,8-9H;1-8H;1H;/q-1;;;/p-1. The van der Waals surface area contributed by atoms with Crippen LogP contribution >= 0.6 is 0 Å². The number of pyridine rings is 1. The van der Waals surface area contributed by atoms with Crippen molar-refractivity contribution in [2.75, 3.05) is 0 Å². The van der Waals surface area contributed by atoms with Gasteiger partial charge in [-0.3, -0.25) is 9.97 Å². The van der Waals surface area contributed by atoms with Crippen molar-refractivity contribution in [2.24, 2.45) is 0 Å². The Kier molecular flexibility index (Phi) is 8.76. The Labute approximate surface area is 215 Å². The van der Waals surface area contributed by atoms with Crippen molar-refractivity contribution in [1.29, 1.82) is 0 Å². The van der Waals surface area contributed by atoms with Crippen molar-refractivity contribution in [2.45, 2.75) is 0 Å². The number of halogens is 1. The van der Waals surface area contributed by atoms with Crippen molar-refractivity contribution >= 4 is 22.1 Å². The fourth-order valence-corrected chi connectivity index (χ4v) is 3.01. The van der Waals surface area contributed by atoms with Crippen LogP contribution in [-0.4, -0.2) is 35.3 Å². The van der Waals surface area contributed by atoms with Gasteiger partial charge in [-0.25, -0.2) is 4.98 Å². The average molecular weight is 642 g/mol. The number of benzene rings is 3. The monoisotopic (exact) mass is 642 g/mol. The maximum absolute atomic E-state index is 4.44. The minimum atomic E-state index is 0. The topological polar surface area (TPSA) is 90.2 Å². The molecular formula is C25H16ClIrN7-2. The summed E-state index contributed by atoms with van der Waals surface area (Å²) in [6.45, 7) is 0. The van der Waals surface area contributed by atoms with Crippen molar-refractivity contribution in [1.82, 2.24) is 35.3 Å². The second-order valence-electron chi connectivity index (χ2n) is 6.74. The minimum Gasteiger partial charge on any atom is -1.00 e. The molecule has 0 saturated carbocycles. The van der Waals surface area contributed by atoms with Gasteiger partial charge in [0.15, 0.2) is 0 Å². The molecule has 0 bridgehead atoms. The van der Waals surface area contributed by atoms with Gasteiger partial charge in [0.05, 0.1) is 16.9 Å². The molecule has 6 aromatic rings. The summed E-state index contributed by atoms with van der Waals surface area (Å²) in [6.07, 6.45) is 1.72. The van der Waals surface area contributed by atoms with Crippen LogP contribution in [0.2, 0.25) is 0 Å². The first-order chi connectivity index (χ1) is 15.9. The molecule has 3 heterocycles. The molecule has 0 aliphatic carbocycles. The number of hydrogen-bond donors (Lipinski definition) is 0. The second-order valence-corrected chi connectivity index (χ2v) is 6.74. The Morgan fingerprint density at radius 1 is 0.529 bits per heavy atom. The smallest absolute Gasteiger partial charge is 0.200 e. The largest absolute Gasteiger partial charge is 1.00 e. The molecule has 9 heteroatoms. The van der Waals surface area contributed by atoms with E-state index in [0.717, 1.165) is 33.3 Å². The van der Waals surface area contributed by atoms with Crippen molar-refractivity contribution in [3.8, 4) is 22.9 Å². The zero-order chi connectivity index (χ0) is 21.6. The molecule has 0 atom stereocenters. The van der Waals surface area contributed by atoms with Gasteiger partial charge in [-0.1, -0.05) is 30.3 Å². The predicted molar refractivity (Wildman–Crippen MR) is 122 cm³/mol. The van der Waals surface area contributed by atoms with E-state index in [2.05, 4.69) is 41.4 Å². The average Bonchev–Trinajstić information content (AvgIpc) is 2.89. The molecule has 0 aliphatic rings. The summed E-state index contributed by atoms with van der Waals surface area (Å²) in [5.74, 6) is 1.17. The summed E-state index contributed by atoms with van der Waals surface area (Å²) in [7, 11) is 0. The number of aromatic nitrogens is 7. The molecule has 169 valence electrons. The number of hydrogen-bond acceptors (Lipinski definition) is 7. The summed E-state index contributed by atoms with van der Waals surface area (Å²) in [5.41, 5.74) is 4.88. The Bertz CT molecular complexity index is 1370. The fraction of sp³-hybridized carbons (Fsp3) is 0. The fourth-order valence-electron chi connectivity index (χ4n) is 3.01. The first kappa shape index (κ1) is 24.9. The summed E-state index contributed by atoms with van der Waals surface area (Å²) < 4.78 is 0. The van der Waals surface area contributed by atoms with Crippen LogP contribution in [0, 0.1) is 6.07 Å². The Balaban J connectivity index is 0.000000180. The number of nitrogens with zero attached hydrogens (tertiary/aromatic N) is 7. The molecule has 0 unspecified atom stereocenters. The van der Waals surface area contributed by atoms with E-state index >= 15 is 0 Å². The van der Waals surface area contributed by atoms with Gasteiger partial charge in [-0.15, -0.1) is 46.1 Å². The molecular weight excluding hydrogens is 626 g/mol. The molecule has 1 radical (unpaired) electrons. The van der Waals surface area contributed by atoms with Gasteiger partial charge in [0.25, 0.3) is 0 Å². The minimum absolute atomic E-state index is 0. The van der Waals surface area contributed by atoms with Crippen LogP contribution in [0.1, 0.15) is 0 Å². The number of para-hydroxylation sites is 2. The van der Waals surface area contributed by atoms with Crippen LogP contribution in [0.5, 0.6) is 0 Å². The van der Waals surface area contributed by atoms with E-state index in [1.165, 1.54) is 0 Å². The van der Waals surface area contributed by atoms with Gasteiger partial charge >= 0.3 is 0 Å². The van der Waals surface area contributed by atoms with Gasteiger partial charge in [0, 0.05) is 26.3 Å². The van der Waals surface area contributed by atoms with E-state index in [1.54, 1.807) is 6.20 Å². The molecule has 3 aromatic heterocycles. The molecule has 34 heavy (non-hydrogen) atoms.